The maximum atomic E-state index is 11.7. The van der Waals surface area contributed by atoms with Crippen LogP contribution in [0.3, 0.4) is 0 Å². The average molecular weight is 277 g/mol. The maximum absolute atomic E-state index is 11.7. The van der Waals surface area contributed by atoms with Crippen molar-refractivity contribution >= 4 is 5.97 Å². The van der Waals surface area contributed by atoms with Gasteiger partial charge < -0.3 is 15.2 Å². The van der Waals surface area contributed by atoms with Gasteiger partial charge >= 0.3 is 5.97 Å². The molecule has 0 saturated heterocycles. The molecule has 1 atom stereocenters. The van der Waals surface area contributed by atoms with Crippen molar-refractivity contribution < 1.29 is 14.6 Å². The molecule has 1 unspecified atom stereocenters. The van der Waals surface area contributed by atoms with Crippen molar-refractivity contribution in [1.82, 2.24) is 5.32 Å². The first kappa shape index (κ1) is 15.0. The fraction of sp³-hybridized carbons (Fsp3) is 0.562. The lowest BCUT2D eigenvalue weighted by atomic mass is 9.87. The van der Waals surface area contributed by atoms with Crippen LogP contribution < -0.4 is 5.32 Å². The van der Waals surface area contributed by atoms with Gasteiger partial charge in [-0.1, -0.05) is 43.2 Å². The van der Waals surface area contributed by atoms with Gasteiger partial charge in [0.15, 0.2) is 0 Å². The lowest BCUT2D eigenvalue weighted by molar-refractivity contribution is -0.146. The molecule has 0 spiro atoms. The van der Waals surface area contributed by atoms with Crippen molar-refractivity contribution in [1.29, 1.82) is 0 Å². The zero-order chi connectivity index (χ0) is 14.4. The van der Waals surface area contributed by atoms with Crippen LogP contribution in [0.25, 0.3) is 0 Å². The van der Waals surface area contributed by atoms with Gasteiger partial charge in [-0.3, -0.25) is 0 Å². The quantitative estimate of drug-likeness (QED) is 0.680. The number of carboxylic acid groups (broad SMARTS) is 1. The van der Waals surface area contributed by atoms with Crippen molar-refractivity contribution in [3.63, 3.8) is 0 Å². The van der Waals surface area contributed by atoms with E-state index in [4.69, 9.17) is 4.74 Å². The average Bonchev–Trinajstić information content (AvgIpc) is 3.28. The molecule has 1 aliphatic carbocycles. The minimum Gasteiger partial charge on any atom is -0.480 e. The van der Waals surface area contributed by atoms with E-state index in [0.29, 0.717) is 13.0 Å². The topological polar surface area (TPSA) is 58.6 Å². The first-order valence-corrected chi connectivity index (χ1v) is 7.24. The van der Waals surface area contributed by atoms with Gasteiger partial charge in [0.2, 0.25) is 0 Å². The van der Waals surface area contributed by atoms with Crippen molar-refractivity contribution in [2.45, 2.75) is 31.2 Å². The van der Waals surface area contributed by atoms with Crippen LogP contribution in [0.2, 0.25) is 0 Å². The van der Waals surface area contributed by atoms with Gasteiger partial charge in [-0.15, -0.1) is 0 Å². The molecule has 2 N–H and O–H groups in total. The van der Waals surface area contributed by atoms with Crippen molar-refractivity contribution in [3.05, 3.63) is 35.9 Å². The van der Waals surface area contributed by atoms with E-state index >= 15 is 0 Å². The molecule has 1 aromatic carbocycles. The highest BCUT2D eigenvalue weighted by Gasteiger charge is 2.38. The molecule has 2 rings (SSSR count). The van der Waals surface area contributed by atoms with E-state index in [1.54, 1.807) is 7.05 Å². The summed E-state index contributed by atoms with van der Waals surface area (Å²) in [7, 11) is 1.69. The number of rotatable bonds is 9. The van der Waals surface area contributed by atoms with Gasteiger partial charge in [0.25, 0.3) is 0 Å². The Morgan fingerprint density at radius 1 is 1.35 bits per heavy atom. The lowest BCUT2D eigenvalue weighted by Crippen LogP contribution is -2.48. The summed E-state index contributed by atoms with van der Waals surface area (Å²) in [4.78, 5) is 11.7. The SMILES string of the molecule is CNC(CCOCCC1CC1)(C(=O)O)c1ccccc1. The summed E-state index contributed by atoms with van der Waals surface area (Å²) in [6.07, 6.45) is 4.17. The number of carbonyl (C=O) groups is 1. The number of nitrogens with one attached hydrogen (secondary N) is 1. The standard InChI is InChI=1S/C16H23NO3/c1-17-16(15(18)19,14-5-3-2-4-6-14)10-12-20-11-9-13-7-8-13/h2-6,13,17H,7-12H2,1H3,(H,18,19). The first-order chi connectivity index (χ1) is 9.69. The largest absolute Gasteiger partial charge is 0.480 e. The molecule has 0 bridgehead atoms. The van der Waals surface area contributed by atoms with Crippen LogP contribution in [0.4, 0.5) is 0 Å². The summed E-state index contributed by atoms with van der Waals surface area (Å²) in [5.41, 5.74) is -0.304. The van der Waals surface area contributed by atoms with Gasteiger partial charge in [0.1, 0.15) is 5.54 Å². The van der Waals surface area contributed by atoms with Crippen molar-refractivity contribution in [3.8, 4) is 0 Å². The number of aliphatic carboxylic acids is 1. The number of hydrogen-bond acceptors (Lipinski definition) is 3. The molecule has 20 heavy (non-hydrogen) atoms. The highest BCUT2D eigenvalue weighted by atomic mass is 16.5. The van der Waals surface area contributed by atoms with Crippen LogP contribution in [-0.4, -0.2) is 31.3 Å². The fourth-order valence-corrected chi connectivity index (χ4v) is 2.46. The summed E-state index contributed by atoms with van der Waals surface area (Å²) in [6.45, 7) is 1.19. The number of likely N-dealkylation sites (N-methyl/N-ethyl adjacent to an activating group) is 1. The number of ether oxygens (including phenoxy) is 1. The Bertz CT molecular complexity index is 431. The van der Waals surface area contributed by atoms with Gasteiger partial charge in [-0.25, -0.2) is 4.79 Å². The van der Waals surface area contributed by atoms with Crippen LogP contribution in [-0.2, 0) is 15.1 Å². The Hall–Kier alpha value is -1.39. The first-order valence-electron chi connectivity index (χ1n) is 7.24. The predicted octanol–water partition coefficient (Wildman–Crippen LogP) is 2.39. The van der Waals surface area contributed by atoms with Crippen LogP contribution in [0.1, 0.15) is 31.2 Å². The van der Waals surface area contributed by atoms with Crippen LogP contribution >= 0.6 is 0 Å². The van der Waals surface area contributed by atoms with E-state index in [-0.39, 0.29) is 0 Å². The predicted molar refractivity (Wildman–Crippen MR) is 77.6 cm³/mol. The fourth-order valence-electron chi connectivity index (χ4n) is 2.46. The molecular formula is C16H23NO3. The molecule has 1 saturated carbocycles. The zero-order valence-electron chi connectivity index (χ0n) is 12.0. The summed E-state index contributed by atoms with van der Waals surface area (Å²) >= 11 is 0. The Balaban J connectivity index is 1.93. The molecular weight excluding hydrogens is 254 g/mol. The molecule has 0 heterocycles. The number of benzene rings is 1. The van der Waals surface area contributed by atoms with Crippen LogP contribution in [0.15, 0.2) is 30.3 Å². The van der Waals surface area contributed by atoms with E-state index in [1.807, 2.05) is 30.3 Å². The van der Waals surface area contributed by atoms with E-state index in [1.165, 1.54) is 12.8 Å². The molecule has 0 amide bonds. The summed E-state index contributed by atoms with van der Waals surface area (Å²) in [5, 5.41) is 12.6. The van der Waals surface area contributed by atoms with E-state index in [2.05, 4.69) is 5.32 Å². The van der Waals surface area contributed by atoms with Crippen molar-refractivity contribution in [2.75, 3.05) is 20.3 Å². The smallest absolute Gasteiger partial charge is 0.328 e. The Morgan fingerprint density at radius 2 is 2.05 bits per heavy atom. The zero-order valence-corrected chi connectivity index (χ0v) is 12.0. The molecule has 1 aromatic rings. The van der Waals surface area contributed by atoms with E-state index < -0.39 is 11.5 Å². The van der Waals surface area contributed by atoms with Crippen LogP contribution in [0, 0.1) is 5.92 Å². The highest BCUT2D eigenvalue weighted by molar-refractivity contribution is 5.80. The molecule has 4 nitrogen and oxygen atoms in total. The van der Waals surface area contributed by atoms with E-state index in [0.717, 1.165) is 24.5 Å². The molecule has 110 valence electrons. The Kier molecular flexibility index (Phi) is 5.15. The Labute approximate surface area is 120 Å². The molecule has 0 aromatic heterocycles. The van der Waals surface area contributed by atoms with Gasteiger partial charge in [-0.2, -0.15) is 0 Å². The minimum atomic E-state index is -1.07. The summed E-state index contributed by atoms with van der Waals surface area (Å²) in [5.74, 6) is -0.0188. The monoisotopic (exact) mass is 277 g/mol. The lowest BCUT2D eigenvalue weighted by Gasteiger charge is -2.29. The molecule has 0 radical (unpaired) electrons. The van der Waals surface area contributed by atoms with Crippen molar-refractivity contribution in [2.24, 2.45) is 5.92 Å². The third kappa shape index (κ3) is 3.58. The second-order valence-corrected chi connectivity index (χ2v) is 5.42. The summed E-state index contributed by atoms with van der Waals surface area (Å²) < 4.78 is 5.61. The Morgan fingerprint density at radius 3 is 2.60 bits per heavy atom. The third-order valence-electron chi connectivity index (χ3n) is 4.05. The van der Waals surface area contributed by atoms with Gasteiger partial charge in [-0.05, 0) is 24.9 Å². The number of hydrogen-bond donors (Lipinski definition) is 2. The van der Waals surface area contributed by atoms with E-state index in [9.17, 15) is 9.90 Å². The minimum absolute atomic E-state index is 0.424. The second kappa shape index (κ2) is 6.86. The van der Waals surface area contributed by atoms with Crippen LogP contribution in [0.5, 0.6) is 0 Å². The molecule has 0 aliphatic heterocycles. The third-order valence-corrected chi connectivity index (χ3v) is 4.05. The normalized spacial score (nSPS) is 17.6. The summed E-state index contributed by atoms with van der Waals surface area (Å²) in [6, 6.07) is 9.29. The second-order valence-electron chi connectivity index (χ2n) is 5.42. The highest BCUT2D eigenvalue weighted by Crippen LogP contribution is 2.32. The molecule has 1 fully saturated rings. The maximum Gasteiger partial charge on any atom is 0.328 e. The number of carboxylic acids is 1. The molecule has 4 heteroatoms. The molecule has 1 aliphatic rings. The van der Waals surface area contributed by atoms with Gasteiger partial charge in [0, 0.05) is 19.6 Å². The van der Waals surface area contributed by atoms with Gasteiger partial charge in [0.05, 0.1) is 0 Å².